The predicted octanol–water partition coefficient (Wildman–Crippen LogP) is 6.37. The lowest BCUT2D eigenvalue weighted by atomic mass is 9.77. The Morgan fingerprint density at radius 1 is 0.901 bits per heavy atom. The standard InChI is InChI=1S/C51H56F3N7O9S/c1-6-69-43-26-31(10-15-41(43)68-4)40(29-71(5,66)67)61-47(63)35-8-7-9-38(45(35)48(61)64)60-24-22-59(23-25-60)33-17-20-58(21-18-33)30-51(53,54)32-11-13-34(14-12-32)70-42-28-39-36(27-37(42)52)46(56-57(39)3)50(2)19-16-44(62)55-49(50)65/h7-15,26-28,33,40H,6,16-25,29-30H2,1-5H3,(H,55,62,65)/t40-,50+/m1/s1. The van der Waals surface area contributed by atoms with Gasteiger partial charge in [0.25, 0.3) is 17.7 Å². The number of hydrogen-bond acceptors (Lipinski definition) is 13. The van der Waals surface area contributed by atoms with Crippen molar-refractivity contribution in [3.63, 3.8) is 0 Å². The van der Waals surface area contributed by atoms with Crippen LogP contribution in [0.25, 0.3) is 10.9 Å². The van der Waals surface area contributed by atoms with Crippen molar-refractivity contribution in [1.29, 1.82) is 0 Å². The quantitative estimate of drug-likeness (QED) is 0.115. The summed E-state index contributed by atoms with van der Waals surface area (Å²) < 4.78 is 91.2. The van der Waals surface area contributed by atoms with Crippen molar-refractivity contribution < 1.29 is 55.0 Å². The molecule has 1 aromatic heterocycles. The number of benzene rings is 4. The Morgan fingerprint density at radius 3 is 2.28 bits per heavy atom. The number of aryl methyl sites for hydroxylation is 1. The molecule has 0 bridgehead atoms. The van der Waals surface area contributed by atoms with E-state index in [0.29, 0.717) is 98.1 Å². The van der Waals surface area contributed by atoms with E-state index >= 15 is 13.2 Å². The highest BCUT2D eigenvalue weighted by atomic mass is 32.2. The molecule has 4 aliphatic heterocycles. The topological polar surface area (TPSA) is 173 Å². The molecule has 20 heteroatoms. The summed E-state index contributed by atoms with van der Waals surface area (Å²) in [6.45, 7) is 6.63. The summed E-state index contributed by atoms with van der Waals surface area (Å²) in [5, 5.41) is 7.26. The summed E-state index contributed by atoms with van der Waals surface area (Å²) in [4.78, 5) is 60.3. The monoisotopic (exact) mass is 999 g/mol. The molecule has 4 amide bonds. The van der Waals surface area contributed by atoms with E-state index in [9.17, 15) is 27.6 Å². The molecular weight excluding hydrogens is 944 g/mol. The van der Waals surface area contributed by atoms with E-state index in [1.807, 2.05) is 0 Å². The number of sulfone groups is 1. The Morgan fingerprint density at radius 2 is 1.62 bits per heavy atom. The maximum Gasteiger partial charge on any atom is 0.285 e. The number of aromatic nitrogens is 2. The Balaban J connectivity index is 0.799. The molecule has 5 heterocycles. The molecule has 5 aromatic rings. The molecule has 3 fully saturated rings. The third kappa shape index (κ3) is 9.68. The number of alkyl halides is 2. The second-order valence-corrected chi connectivity index (χ2v) is 21.2. The molecule has 0 spiro atoms. The number of amides is 4. The third-order valence-electron chi connectivity index (χ3n) is 14.3. The number of methoxy groups -OCH3 is 1. The lowest BCUT2D eigenvalue weighted by Crippen LogP contribution is -2.54. The minimum atomic E-state index is -3.68. The number of halogens is 3. The zero-order valence-electron chi connectivity index (χ0n) is 40.2. The van der Waals surface area contributed by atoms with Gasteiger partial charge in [0.15, 0.2) is 23.1 Å². The van der Waals surface area contributed by atoms with Crippen molar-refractivity contribution >= 4 is 50.1 Å². The van der Waals surface area contributed by atoms with Gasteiger partial charge in [-0.15, -0.1) is 0 Å². The van der Waals surface area contributed by atoms with Gasteiger partial charge in [0.2, 0.25) is 11.8 Å². The largest absolute Gasteiger partial charge is 0.493 e. The number of piperazine rings is 1. The first-order valence-electron chi connectivity index (χ1n) is 23.7. The van der Waals surface area contributed by atoms with E-state index in [-0.39, 0.29) is 53.0 Å². The van der Waals surface area contributed by atoms with Crippen molar-refractivity contribution in [3.8, 4) is 23.0 Å². The van der Waals surface area contributed by atoms with Crippen LogP contribution in [0.15, 0.2) is 72.8 Å². The number of rotatable bonds is 15. The number of hydrogen-bond donors (Lipinski definition) is 1. The van der Waals surface area contributed by atoms with Gasteiger partial charge in [0, 0.05) is 69.0 Å². The highest BCUT2D eigenvalue weighted by Crippen LogP contribution is 2.42. The first kappa shape index (κ1) is 49.5. The Labute approximate surface area is 409 Å². The van der Waals surface area contributed by atoms with Crippen molar-refractivity contribution in [2.24, 2.45) is 7.05 Å². The molecule has 9 rings (SSSR count). The van der Waals surface area contributed by atoms with Crippen molar-refractivity contribution in [2.75, 3.05) is 76.4 Å². The Kier molecular flexibility index (Phi) is 13.4. The van der Waals surface area contributed by atoms with Gasteiger partial charge < -0.3 is 19.1 Å². The second kappa shape index (κ2) is 19.2. The summed E-state index contributed by atoms with van der Waals surface area (Å²) in [5.41, 5.74) is 0.917. The highest BCUT2D eigenvalue weighted by Gasteiger charge is 2.46. The summed E-state index contributed by atoms with van der Waals surface area (Å²) in [5.74, 6) is -5.65. The van der Waals surface area contributed by atoms with Crippen LogP contribution in [-0.4, -0.2) is 134 Å². The Bertz CT molecular complexity index is 3030. The summed E-state index contributed by atoms with van der Waals surface area (Å²) >= 11 is 0. The van der Waals surface area contributed by atoms with Gasteiger partial charge in [0.05, 0.1) is 65.5 Å². The summed E-state index contributed by atoms with van der Waals surface area (Å²) in [6.07, 6.45) is 2.78. The number of carbonyl (C=O) groups excluding carboxylic acids is 4. The number of likely N-dealkylation sites (tertiary alicyclic amines) is 1. The summed E-state index contributed by atoms with van der Waals surface area (Å²) in [6, 6.07) is 17.0. The number of imide groups is 2. The number of nitrogens with one attached hydrogen (secondary N) is 1. The smallest absolute Gasteiger partial charge is 0.285 e. The molecule has 2 atom stereocenters. The number of ether oxygens (including phenoxy) is 3. The minimum Gasteiger partial charge on any atom is -0.493 e. The van der Waals surface area contributed by atoms with Gasteiger partial charge >= 0.3 is 0 Å². The molecule has 4 aromatic carbocycles. The first-order valence-corrected chi connectivity index (χ1v) is 25.7. The van der Waals surface area contributed by atoms with Crippen LogP contribution >= 0.6 is 0 Å². The van der Waals surface area contributed by atoms with Crippen LogP contribution in [-0.2, 0) is 37.8 Å². The molecule has 0 radical (unpaired) electrons. The van der Waals surface area contributed by atoms with Crippen LogP contribution in [0.2, 0.25) is 0 Å². The zero-order chi connectivity index (χ0) is 50.6. The van der Waals surface area contributed by atoms with Gasteiger partial charge in [-0.05, 0) is 106 Å². The maximum absolute atomic E-state index is 15.8. The number of piperidine rings is 2. The fourth-order valence-electron chi connectivity index (χ4n) is 10.4. The summed E-state index contributed by atoms with van der Waals surface area (Å²) in [7, 11) is -0.548. The minimum absolute atomic E-state index is 0.125. The van der Waals surface area contributed by atoms with Crippen molar-refractivity contribution in [2.45, 2.75) is 63.0 Å². The average Bonchev–Trinajstić information content (AvgIpc) is 3.80. The van der Waals surface area contributed by atoms with Gasteiger partial charge in [0.1, 0.15) is 15.6 Å². The first-order chi connectivity index (χ1) is 33.8. The van der Waals surface area contributed by atoms with E-state index in [2.05, 4.69) is 20.2 Å². The Hall–Kier alpha value is -6.51. The fourth-order valence-corrected chi connectivity index (χ4v) is 11.3. The average molecular weight is 1000 g/mol. The maximum atomic E-state index is 15.8. The molecule has 71 heavy (non-hydrogen) atoms. The van der Waals surface area contributed by atoms with E-state index in [4.69, 9.17) is 14.2 Å². The number of fused-ring (bicyclic) bond motifs is 2. The van der Waals surface area contributed by atoms with Crippen LogP contribution in [0, 0.1) is 5.82 Å². The van der Waals surface area contributed by atoms with Crippen LogP contribution < -0.4 is 24.4 Å². The van der Waals surface area contributed by atoms with E-state index in [0.717, 1.165) is 11.2 Å². The normalized spacial score (nSPS) is 20.1. The predicted molar refractivity (Wildman–Crippen MR) is 258 cm³/mol. The number of nitrogens with zero attached hydrogens (tertiary/aromatic N) is 6. The van der Waals surface area contributed by atoms with E-state index in [1.54, 1.807) is 62.2 Å². The second-order valence-electron chi connectivity index (χ2n) is 19.0. The van der Waals surface area contributed by atoms with Crippen LogP contribution in [0.3, 0.4) is 0 Å². The molecule has 376 valence electrons. The molecule has 4 aliphatic rings. The van der Waals surface area contributed by atoms with Crippen LogP contribution in [0.1, 0.15) is 83.1 Å². The van der Waals surface area contributed by atoms with Crippen molar-refractivity contribution in [3.05, 3.63) is 107 Å². The molecule has 3 saturated heterocycles. The van der Waals surface area contributed by atoms with Gasteiger partial charge in [-0.3, -0.25) is 43.9 Å². The lowest BCUT2D eigenvalue weighted by Gasteiger charge is -2.44. The number of anilines is 1. The van der Waals surface area contributed by atoms with E-state index < -0.39 is 63.1 Å². The number of carbonyl (C=O) groups is 4. The van der Waals surface area contributed by atoms with E-state index in [1.165, 1.54) is 48.2 Å². The van der Waals surface area contributed by atoms with Gasteiger partial charge in [-0.25, -0.2) is 12.8 Å². The molecular formula is C51H56F3N7O9S. The SMILES string of the molecule is CCOc1cc([C@@H](CS(C)(=O)=O)N2C(=O)c3cccc(N4CCN(C5CCN(CC(F)(F)c6ccc(Oc7cc8c(cc7F)c([C@]7(C)CCC(=O)NC7=O)nn8C)cc6)CC5)CC4)c3C2=O)ccc1OC. The molecule has 1 N–H and O–H groups in total. The van der Waals surface area contributed by atoms with Crippen LogP contribution in [0.5, 0.6) is 23.0 Å². The van der Waals surface area contributed by atoms with Gasteiger partial charge in [-0.1, -0.05) is 12.1 Å². The zero-order valence-corrected chi connectivity index (χ0v) is 41.0. The fraction of sp³-hybridized carbons (Fsp3) is 0.431. The molecule has 16 nitrogen and oxygen atoms in total. The third-order valence-corrected chi connectivity index (χ3v) is 15.2. The molecule has 0 aliphatic carbocycles. The van der Waals surface area contributed by atoms with Gasteiger partial charge in [-0.2, -0.15) is 13.9 Å². The highest BCUT2D eigenvalue weighted by molar-refractivity contribution is 7.90. The van der Waals surface area contributed by atoms with Crippen LogP contribution in [0.4, 0.5) is 18.9 Å². The van der Waals surface area contributed by atoms with Crippen molar-refractivity contribution in [1.82, 2.24) is 29.8 Å². The molecule has 0 saturated carbocycles. The lowest BCUT2D eigenvalue weighted by molar-refractivity contribution is -0.137. The molecule has 0 unspecified atom stereocenters.